The van der Waals surface area contributed by atoms with Gasteiger partial charge in [0.2, 0.25) is 5.91 Å². The highest BCUT2D eigenvalue weighted by molar-refractivity contribution is 6.09. The first-order chi connectivity index (χ1) is 11.5. The van der Waals surface area contributed by atoms with Crippen LogP contribution in [-0.2, 0) is 15.0 Å². The Morgan fingerprint density at radius 2 is 1.79 bits per heavy atom. The second kappa shape index (κ2) is 6.32. The molecule has 0 radical (unpaired) electrons. The third kappa shape index (κ3) is 2.83. The predicted molar refractivity (Wildman–Crippen MR) is 93.9 cm³/mol. The summed E-state index contributed by atoms with van der Waals surface area (Å²) in [4.78, 5) is 25.8. The van der Waals surface area contributed by atoms with Gasteiger partial charge in [-0.15, -0.1) is 0 Å². The minimum absolute atomic E-state index is 0.163. The topological polar surface area (TPSA) is 57.6 Å². The van der Waals surface area contributed by atoms with Gasteiger partial charge in [0.25, 0.3) is 0 Å². The van der Waals surface area contributed by atoms with Gasteiger partial charge in [-0.25, -0.2) is 0 Å². The number of aliphatic carboxylic acids is 1. The molecule has 4 heteroatoms. The van der Waals surface area contributed by atoms with Crippen molar-refractivity contribution in [1.29, 1.82) is 0 Å². The average molecular weight is 321 g/mol. The monoisotopic (exact) mass is 321 g/mol. The summed E-state index contributed by atoms with van der Waals surface area (Å²) in [7, 11) is 0. The van der Waals surface area contributed by atoms with Crippen molar-refractivity contribution in [2.75, 3.05) is 11.4 Å². The Kier molecular flexibility index (Phi) is 4.21. The molecule has 0 fully saturated rings. The number of benzene rings is 2. The van der Waals surface area contributed by atoms with Crippen LogP contribution < -0.4 is 4.90 Å². The van der Waals surface area contributed by atoms with Gasteiger partial charge >= 0.3 is 5.97 Å². The Morgan fingerprint density at radius 3 is 2.50 bits per heavy atom. The minimum atomic E-state index is -1.01. The van der Waals surface area contributed by atoms with E-state index in [0.29, 0.717) is 6.54 Å². The largest absolute Gasteiger partial charge is 0.481 e. The Morgan fingerprint density at radius 1 is 1.12 bits per heavy atom. The molecule has 1 aliphatic heterocycles. The third-order valence-electron chi connectivity index (χ3n) is 4.41. The number of nitrogens with zero attached hydrogens (tertiary/aromatic N) is 1. The SMILES string of the molecule is CC1(CC(=O)O)C(=O)N(CC=Cc2ccccc2)c2ccccc21. The maximum absolute atomic E-state index is 12.9. The second-order valence-corrected chi connectivity index (χ2v) is 6.15. The quantitative estimate of drug-likeness (QED) is 0.917. The molecule has 4 nitrogen and oxygen atoms in total. The molecular weight excluding hydrogens is 302 g/mol. The molecule has 0 spiro atoms. The van der Waals surface area contributed by atoms with Crippen molar-refractivity contribution < 1.29 is 14.7 Å². The van der Waals surface area contributed by atoms with Crippen molar-refractivity contribution in [2.24, 2.45) is 0 Å². The Bertz CT molecular complexity index is 798. The summed E-state index contributed by atoms with van der Waals surface area (Å²) < 4.78 is 0. The van der Waals surface area contributed by atoms with Crippen LogP contribution in [0, 0.1) is 0 Å². The summed E-state index contributed by atoms with van der Waals surface area (Å²) in [5.41, 5.74) is 1.63. The van der Waals surface area contributed by atoms with E-state index < -0.39 is 11.4 Å². The predicted octanol–water partition coefficient (Wildman–Crippen LogP) is 3.48. The number of fused-ring (bicyclic) bond motifs is 1. The Labute approximate surface area is 141 Å². The molecule has 0 saturated heterocycles. The lowest BCUT2D eigenvalue weighted by Gasteiger charge is -2.22. The highest BCUT2D eigenvalue weighted by Crippen LogP contribution is 2.43. The average Bonchev–Trinajstić information content (AvgIpc) is 2.77. The first kappa shape index (κ1) is 16.0. The zero-order chi connectivity index (χ0) is 17.2. The third-order valence-corrected chi connectivity index (χ3v) is 4.41. The number of carboxylic acid groups (broad SMARTS) is 1. The molecule has 1 atom stereocenters. The first-order valence-electron chi connectivity index (χ1n) is 7.87. The van der Waals surface area contributed by atoms with Crippen molar-refractivity contribution in [1.82, 2.24) is 0 Å². The van der Waals surface area contributed by atoms with E-state index in [1.54, 1.807) is 11.8 Å². The number of para-hydroxylation sites is 1. The molecule has 24 heavy (non-hydrogen) atoms. The number of carbonyl (C=O) groups is 2. The van der Waals surface area contributed by atoms with E-state index in [2.05, 4.69) is 0 Å². The van der Waals surface area contributed by atoms with Crippen LogP contribution in [0.2, 0.25) is 0 Å². The number of rotatable bonds is 5. The van der Waals surface area contributed by atoms with Gasteiger partial charge in [0.1, 0.15) is 0 Å². The van der Waals surface area contributed by atoms with E-state index in [0.717, 1.165) is 16.8 Å². The zero-order valence-electron chi connectivity index (χ0n) is 13.5. The summed E-state index contributed by atoms with van der Waals surface area (Å²) in [6, 6.07) is 17.3. The first-order valence-corrected chi connectivity index (χ1v) is 7.87. The van der Waals surface area contributed by atoms with Gasteiger partial charge in [-0.2, -0.15) is 0 Å². The Balaban J connectivity index is 1.88. The highest BCUT2D eigenvalue weighted by atomic mass is 16.4. The fourth-order valence-corrected chi connectivity index (χ4v) is 3.21. The van der Waals surface area contributed by atoms with Crippen molar-refractivity contribution in [3.05, 3.63) is 71.8 Å². The van der Waals surface area contributed by atoms with Crippen molar-refractivity contribution in [3.63, 3.8) is 0 Å². The van der Waals surface area contributed by atoms with Crippen molar-refractivity contribution in [3.8, 4) is 0 Å². The zero-order valence-corrected chi connectivity index (χ0v) is 13.5. The molecule has 3 rings (SSSR count). The number of hydrogen-bond acceptors (Lipinski definition) is 2. The standard InChI is InChI=1S/C20H19NO3/c1-20(14-18(22)23)16-11-5-6-12-17(16)21(19(20)24)13-7-10-15-8-3-2-4-9-15/h2-12H,13-14H2,1H3,(H,22,23). The summed E-state index contributed by atoms with van der Waals surface area (Å²) >= 11 is 0. The van der Waals surface area contributed by atoms with Crippen LogP contribution in [0.25, 0.3) is 6.08 Å². The number of carboxylic acids is 1. The molecular formula is C20H19NO3. The molecule has 1 unspecified atom stereocenters. The molecule has 1 aliphatic rings. The van der Waals surface area contributed by atoms with Crippen molar-refractivity contribution in [2.45, 2.75) is 18.8 Å². The van der Waals surface area contributed by atoms with E-state index in [-0.39, 0.29) is 12.3 Å². The fourth-order valence-electron chi connectivity index (χ4n) is 3.21. The van der Waals surface area contributed by atoms with Gasteiger partial charge in [0.05, 0.1) is 11.8 Å². The normalized spacial score (nSPS) is 19.7. The summed E-state index contributed by atoms with van der Waals surface area (Å²) in [5.74, 6) is -1.13. The maximum atomic E-state index is 12.9. The number of hydrogen-bond donors (Lipinski definition) is 1. The minimum Gasteiger partial charge on any atom is -0.481 e. The molecule has 2 aromatic carbocycles. The molecule has 2 aromatic rings. The molecule has 1 amide bonds. The van der Waals surface area contributed by atoms with Crippen LogP contribution in [0.3, 0.4) is 0 Å². The lowest BCUT2D eigenvalue weighted by molar-refractivity contribution is -0.141. The van der Waals surface area contributed by atoms with E-state index in [1.165, 1.54) is 0 Å². The van der Waals surface area contributed by atoms with E-state index in [9.17, 15) is 14.7 Å². The lowest BCUT2D eigenvalue weighted by atomic mass is 9.81. The van der Waals surface area contributed by atoms with Gasteiger partial charge in [-0.3, -0.25) is 9.59 Å². The summed E-state index contributed by atoms with van der Waals surface area (Å²) in [5, 5.41) is 9.21. The molecule has 1 heterocycles. The second-order valence-electron chi connectivity index (χ2n) is 6.15. The van der Waals surface area contributed by atoms with Gasteiger partial charge in [-0.05, 0) is 24.1 Å². The van der Waals surface area contributed by atoms with Crippen LogP contribution in [0.1, 0.15) is 24.5 Å². The summed E-state index contributed by atoms with van der Waals surface area (Å²) in [6.45, 7) is 2.13. The van der Waals surface area contributed by atoms with E-state index in [4.69, 9.17) is 0 Å². The van der Waals surface area contributed by atoms with Crippen LogP contribution in [-0.4, -0.2) is 23.5 Å². The highest BCUT2D eigenvalue weighted by Gasteiger charge is 2.48. The lowest BCUT2D eigenvalue weighted by Crippen LogP contribution is -2.39. The number of anilines is 1. The van der Waals surface area contributed by atoms with Gasteiger partial charge in [0.15, 0.2) is 0 Å². The molecule has 0 bridgehead atoms. The smallest absolute Gasteiger partial charge is 0.304 e. The molecule has 122 valence electrons. The Hall–Kier alpha value is -2.88. The fraction of sp³-hybridized carbons (Fsp3) is 0.200. The van der Waals surface area contributed by atoms with Gasteiger partial charge in [0, 0.05) is 12.2 Å². The molecule has 0 aromatic heterocycles. The van der Waals surface area contributed by atoms with Gasteiger partial charge < -0.3 is 10.0 Å². The van der Waals surface area contributed by atoms with Crippen molar-refractivity contribution >= 4 is 23.6 Å². The van der Waals surface area contributed by atoms with Crippen LogP contribution in [0.5, 0.6) is 0 Å². The van der Waals surface area contributed by atoms with E-state index >= 15 is 0 Å². The van der Waals surface area contributed by atoms with E-state index in [1.807, 2.05) is 66.7 Å². The van der Waals surface area contributed by atoms with Crippen LogP contribution in [0.15, 0.2) is 60.7 Å². The number of amides is 1. The van der Waals surface area contributed by atoms with Crippen LogP contribution >= 0.6 is 0 Å². The van der Waals surface area contributed by atoms with Crippen LogP contribution in [0.4, 0.5) is 5.69 Å². The molecule has 1 N–H and O–H groups in total. The number of carbonyl (C=O) groups excluding carboxylic acids is 1. The molecule has 0 aliphatic carbocycles. The van der Waals surface area contributed by atoms with Gasteiger partial charge in [-0.1, -0.05) is 60.7 Å². The molecule has 0 saturated carbocycles. The maximum Gasteiger partial charge on any atom is 0.304 e. The summed E-state index contributed by atoms with van der Waals surface area (Å²) in [6.07, 6.45) is 3.68.